The predicted molar refractivity (Wildman–Crippen MR) is 98.6 cm³/mol. The largest absolute Gasteiger partial charge is 0.481 e. The molecule has 1 unspecified atom stereocenters. The van der Waals surface area contributed by atoms with Crippen molar-refractivity contribution >= 4 is 29.2 Å². The van der Waals surface area contributed by atoms with Crippen LogP contribution < -0.4 is 10.6 Å². The van der Waals surface area contributed by atoms with Gasteiger partial charge < -0.3 is 15.7 Å². The van der Waals surface area contributed by atoms with Crippen LogP contribution in [0.1, 0.15) is 24.8 Å². The third-order valence-electron chi connectivity index (χ3n) is 3.51. The summed E-state index contributed by atoms with van der Waals surface area (Å²) in [5.41, 5.74) is 1.69. The molecule has 2 amide bonds. The molecule has 0 saturated carbocycles. The molecule has 132 valence electrons. The van der Waals surface area contributed by atoms with Gasteiger partial charge in [-0.2, -0.15) is 0 Å². The minimum absolute atomic E-state index is 0.105. The van der Waals surface area contributed by atoms with Crippen LogP contribution in [0.4, 0.5) is 11.4 Å². The van der Waals surface area contributed by atoms with Gasteiger partial charge in [-0.1, -0.05) is 36.3 Å². The average Bonchev–Trinajstić information content (AvgIpc) is 2.62. The van der Waals surface area contributed by atoms with Gasteiger partial charge in [0.15, 0.2) is 0 Å². The number of benzene rings is 2. The number of para-hydroxylation sites is 1. The fourth-order valence-electron chi connectivity index (χ4n) is 2.30. The number of hydrogen-bond donors (Lipinski definition) is 3. The van der Waals surface area contributed by atoms with E-state index in [1.807, 2.05) is 0 Å². The number of amides is 2. The predicted octanol–water partition coefficient (Wildman–Crippen LogP) is 2.85. The molecule has 6 nitrogen and oxygen atoms in total. The quantitative estimate of drug-likeness (QED) is 0.571. The zero-order chi connectivity index (χ0) is 18.9. The second kappa shape index (κ2) is 9.04. The third-order valence-corrected chi connectivity index (χ3v) is 3.51. The van der Waals surface area contributed by atoms with E-state index in [1.165, 1.54) is 0 Å². The van der Waals surface area contributed by atoms with Gasteiger partial charge in [0.05, 0.1) is 12.3 Å². The number of hydrogen-bond acceptors (Lipinski definition) is 3. The molecule has 0 radical (unpaired) electrons. The molecule has 0 fully saturated rings. The Hall–Kier alpha value is -3.59. The highest BCUT2D eigenvalue weighted by Gasteiger charge is 2.15. The first-order valence-electron chi connectivity index (χ1n) is 7.91. The topological polar surface area (TPSA) is 95.5 Å². The Balaban J connectivity index is 2.01. The molecule has 0 bridgehead atoms. The highest BCUT2D eigenvalue weighted by molar-refractivity contribution is 6.43. The third kappa shape index (κ3) is 5.49. The van der Waals surface area contributed by atoms with Gasteiger partial charge in [-0.15, -0.1) is 5.92 Å². The first-order valence-corrected chi connectivity index (χ1v) is 7.91. The number of carboxylic acids is 1. The zero-order valence-electron chi connectivity index (χ0n) is 14.2. The highest BCUT2D eigenvalue weighted by Crippen LogP contribution is 2.21. The molecule has 0 saturated heterocycles. The molecule has 0 heterocycles. The summed E-state index contributed by atoms with van der Waals surface area (Å²) < 4.78 is 0. The summed E-state index contributed by atoms with van der Waals surface area (Å²) in [7, 11) is 0. The van der Waals surface area contributed by atoms with Crippen LogP contribution >= 0.6 is 0 Å². The van der Waals surface area contributed by atoms with Crippen LogP contribution in [0.2, 0.25) is 0 Å². The minimum atomic E-state index is -0.937. The van der Waals surface area contributed by atoms with Crippen molar-refractivity contribution in [3.63, 3.8) is 0 Å². The lowest BCUT2D eigenvalue weighted by Gasteiger charge is -2.10. The summed E-state index contributed by atoms with van der Waals surface area (Å²) in [6.07, 6.45) is -0.105. The van der Waals surface area contributed by atoms with Crippen molar-refractivity contribution in [3.8, 4) is 11.8 Å². The number of carbonyl (C=O) groups excluding carboxylic acids is 2. The van der Waals surface area contributed by atoms with Gasteiger partial charge in [0.1, 0.15) is 0 Å². The Morgan fingerprint density at radius 1 is 0.923 bits per heavy atom. The van der Waals surface area contributed by atoms with Crippen molar-refractivity contribution in [2.24, 2.45) is 0 Å². The molecule has 0 spiro atoms. The molecule has 3 N–H and O–H groups in total. The number of anilines is 2. The van der Waals surface area contributed by atoms with E-state index >= 15 is 0 Å². The first kappa shape index (κ1) is 18.7. The fourth-order valence-corrected chi connectivity index (χ4v) is 2.30. The van der Waals surface area contributed by atoms with Crippen LogP contribution in [-0.2, 0) is 14.4 Å². The number of carbonyl (C=O) groups is 3. The van der Waals surface area contributed by atoms with Crippen molar-refractivity contribution in [1.82, 2.24) is 0 Å². The smallest absolute Gasteiger partial charge is 0.314 e. The summed E-state index contributed by atoms with van der Waals surface area (Å²) in [5.74, 6) is 2.64. The van der Waals surface area contributed by atoms with Crippen molar-refractivity contribution in [3.05, 3.63) is 60.2 Å². The normalized spacial score (nSPS) is 10.8. The van der Waals surface area contributed by atoms with E-state index in [2.05, 4.69) is 22.5 Å². The minimum Gasteiger partial charge on any atom is -0.481 e. The van der Waals surface area contributed by atoms with Crippen LogP contribution in [0.5, 0.6) is 0 Å². The molecule has 0 aliphatic carbocycles. The summed E-state index contributed by atoms with van der Waals surface area (Å²) in [4.78, 5) is 34.8. The second-order valence-electron chi connectivity index (χ2n) is 5.44. The van der Waals surface area contributed by atoms with Gasteiger partial charge in [-0.3, -0.25) is 14.4 Å². The zero-order valence-corrected chi connectivity index (χ0v) is 14.2. The second-order valence-corrected chi connectivity index (χ2v) is 5.44. The molecule has 2 aromatic rings. The Morgan fingerprint density at radius 3 is 1.96 bits per heavy atom. The van der Waals surface area contributed by atoms with Gasteiger partial charge in [0.25, 0.3) is 0 Å². The summed E-state index contributed by atoms with van der Waals surface area (Å²) in [6.45, 7) is 1.65. The van der Waals surface area contributed by atoms with Crippen molar-refractivity contribution in [2.75, 3.05) is 10.6 Å². The molecule has 26 heavy (non-hydrogen) atoms. The maximum atomic E-state index is 12.0. The monoisotopic (exact) mass is 350 g/mol. The SMILES string of the molecule is CC#CC(CC(=O)O)c1ccc(NC(=O)C(=O)Nc2ccccc2)cc1. The standard InChI is InChI=1S/C20H18N2O4/c1-2-6-15(13-18(23)24)14-9-11-17(12-10-14)22-20(26)19(25)21-16-7-4-3-5-8-16/h3-5,7-12,15H,13H2,1H3,(H,21,25)(H,22,26)(H,23,24). The molecule has 6 heteroatoms. The summed E-state index contributed by atoms with van der Waals surface area (Å²) >= 11 is 0. The van der Waals surface area contributed by atoms with Crippen molar-refractivity contribution < 1.29 is 19.5 Å². The Labute approximate surface area is 151 Å². The lowest BCUT2D eigenvalue weighted by Crippen LogP contribution is -2.29. The van der Waals surface area contributed by atoms with E-state index in [9.17, 15) is 14.4 Å². The molecule has 0 aromatic heterocycles. The number of carboxylic acid groups (broad SMARTS) is 1. The first-order chi connectivity index (χ1) is 12.5. The molecular weight excluding hydrogens is 332 g/mol. The van der Waals surface area contributed by atoms with Gasteiger partial charge in [0, 0.05) is 11.4 Å². The fraction of sp³-hybridized carbons (Fsp3) is 0.150. The number of nitrogens with one attached hydrogen (secondary N) is 2. The van der Waals surface area contributed by atoms with Crippen LogP contribution in [0.15, 0.2) is 54.6 Å². The van der Waals surface area contributed by atoms with Gasteiger partial charge in [-0.25, -0.2) is 0 Å². The Morgan fingerprint density at radius 2 is 1.46 bits per heavy atom. The molecule has 2 rings (SSSR count). The molecular formula is C20H18N2O4. The lowest BCUT2D eigenvalue weighted by molar-refractivity contribution is -0.137. The van der Waals surface area contributed by atoms with Crippen LogP contribution in [-0.4, -0.2) is 22.9 Å². The Bertz CT molecular complexity index is 849. The summed E-state index contributed by atoms with van der Waals surface area (Å²) in [6, 6.07) is 15.2. The lowest BCUT2D eigenvalue weighted by atomic mass is 9.96. The van der Waals surface area contributed by atoms with Gasteiger partial charge in [0.2, 0.25) is 0 Å². The molecule has 1 atom stereocenters. The van der Waals surface area contributed by atoms with E-state index in [0.29, 0.717) is 11.4 Å². The van der Waals surface area contributed by atoms with E-state index in [0.717, 1.165) is 5.56 Å². The van der Waals surface area contributed by atoms with Gasteiger partial charge >= 0.3 is 17.8 Å². The maximum absolute atomic E-state index is 12.0. The molecule has 2 aromatic carbocycles. The van der Waals surface area contributed by atoms with Crippen LogP contribution in [0, 0.1) is 11.8 Å². The Kier molecular flexibility index (Phi) is 6.52. The van der Waals surface area contributed by atoms with Gasteiger partial charge in [-0.05, 0) is 36.8 Å². The maximum Gasteiger partial charge on any atom is 0.314 e. The van der Waals surface area contributed by atoms with Crippen molar-refractivity contribution in [1.29, 1.82) is 0 Å². The van der Waals surface area contributed by atoms with E-state index in [4.69, 9.17) is 5.11 Å². The van der Waals surface area contributed by atoms with Crippen molar-refractivity contribution in [2.45, 2.75) is 19.3 Å². The van der Waals surface area contributed by atoms with E-state index < -0.39 is 23.7 Å². The molecule has 0 aliphatic heterocycles. The number of aliphatic carboxylic acids is 1. The van der Waals surface area contributed by atoms with E-state index in [1.54, 1.807) is 61.5 Å². The van der Waals surface area contributed by atoms with Crippen LogP contribution in [0.3, 0.4) is 0 Å². The summed E-state index contributed by atoms with van der Waals surface area (Å²) in [5, 5.41) is 14.0. The number of rotatable bonds is 5. The average molecular weight is 350 g/mol. The highest BCUT2D eigenvalue weighted by atomic mass is 16.4. The van der Waals surface area contributed by atoms with Crippen LogP contribution in [0.25, 0.3) is 0 Å². The molecule has 0 aliphatic rings. The van der Waals surface area contributed by atoms with E-state index in [-0.39, 0.29) is 6.42 Å².